The highest BCUT2D eigenvalue weighted by Crippen LogP contribution is 2.57. The van der Waals surface area contributed by atoms with Crippen molar-refractivity contribution in [1.82, 2.24) is 4.98 Å². The lowest BCUT2D eigenvalue weighted by Gasteiger charge is -2.17. The van der Waals surface area contributed by atoms with Gasteiger partial charge in [-0.15, -0.1) is 0 Å². The summed E-state index contributed by atoms with van der Waals surface area (Å²) >= 11 is 0. The molecule has 0 saturated carbocycles. The number of aromatic nitrogens is 1. The molecule has 5 nitrogen and oxygen atoms in total. The van der Waals surface area contributed by atoms with E-state index in [2.05, 4.69) is 4.98 Å². The van der Waals surface area contributed by atoms with Crippen molar-refractivity contribution in [2.75, 3.05) is 0 Å². The summed E-state index contributed by atoms with van der Waals surface area (Å²) in [5, 5.41) is 38.2. The average Bonchev–Trinajstić information content (AvgIpc) is 3.43. The minimum Gasteiger partial charge on any atom is -0.246 e. The maximum Gasteiger partial charge on any atom is 0.417 e. The molecule has 0 radical (unpaired) electrons. The van der Waals surface area contributed by atoms with Crippen LogP contribution in [0.3, 0.4) is 0 Å². The van der Waals surface area contributed by atoms with Crippen LogP contribution in [0.15, 0.2) is 41.5 Å². The molecule has 0 bridgehead atoms. The molecule has 46 heavy (non-hydrogen) atoms. The first-order valence-electron chi connectivity index (χ1n) is 12.0. The summed E-state index contributed by atoms with van der Waals surface area (Å²) in [5.41, 5.74) is -19.1. The molecule has 2 aromatic carbocycles. The van der Waals surface area contributed by atoms with Crippen LogP contribution in [0.5, 0.6) is 0 Å². The van der Waals surface area contributed by atoms with Crippen LogP contribution in [-0.2, 0) is 24.7 Å². The first-order valence-corrected chi connectivity index (χ1v) is 12.0. The summed E-state index contributed by atoms with van der Waals surface area (Å²) in [5.74, 6) is 0. The van der Waals surface area contributed by atoms with Crippen molar-refractivity contribution < 1.29 is 52.7 Å². The van der Waals surface area contributed by atoms with Crippen LogP contribution >= 0.6 is 0 Å². The molecule has 17 heteroatoms. The van der Waals surface area contributed by atoms with Gasteiger partial charge in [-0.1, -0.05) is 0 Å². The maximum atomic E-state index is 14.3. The molecule has 5 rings (SSSR count). The van der Waals surface area contributed by atoms with Crippen molar-refractivity contribution in [1.29, 1.82) is 21.0 Å². The molecule has 0 saturated heterocycles. The molecule has 0 amide bonds. The number of hydrogen-bond donors (Lipinski definition) is 0. The first kappa shape index (κ1) is 31.6. The van der Waals surface area contributed by atoms with Gasteiger partial charge in [-0.25, -0.2) is 4.98 Å². The fourth-order valence-electron chi connectivity index (χ4n) is 5.34. The van der Waals surface area contributed by atoms with E-state index in [1.807, 2.05) is 0 Å². The van der Waals surface area contributed by atoms with Gasteiger partial charge in [0.05, 0.1) is 33.6 Å². The Kier molecular flexibility index (Phi) is 6.77. The second-order valence-corrected chi connectivity index (χ2v) is 9.61. The Labute approximate surface area is 247 Å². The van der Waals surface area contributed by atoms with E-state index in [0.717, 1.165) is 0 Å². The molecule has 3 aromatic rings. The molecule has 0 N–H and O–H groups in total. The highest BCUT2D eigenvalue weighted by atomic mass is 19.4. The van der Waals surface area contributed by atoms with Crippen LogP contribution in [-0.4, -0.2) is 4.98 Å². The standard InChI is InChI=1S/C29H5F12N5/c30-26(31,32)12-1-14-20(10(6-42)7-43)16-5-17-22-15(2-13(27(33,34)35)3-18(22)28(36,37)38)21(11(8-44)9-45)24(17)46-25(16)23(14)19(4-12)29(39,40)41/h1-5H. The van der Waals surface area contributed by atoms with Crippen LogP contribution < -0.4 is 0 Å². The molecular formula is C29H5F12N5. The van der Waals surface area contributed by atoms with Crippen LogP contribution in [0.4, 0.5) is 52.7 Å². The summed E-state index contributed by atoms with van der Waals surface area (Å²) < 4.78 is 168. The molecule has 0 unspecified atom stereocenters. The topological polar surface area (TPSA) is 108 Å². The molecule has 0 atom stereocenters. The summed E-state index contributed by atoms with van der Waals surface area (Å²) in [6.45, 7) is 0. The van der Waals surface area contributed by atoms with Crippen molar-refractivity contribution in [2.24, 2.45) is 0 Å². The summed E-state index contributed by atoms with van der Waals surface area (Å²) in [6, 6.07) is 5.63. The largest absolute Gasteiger partial charge is 0.417 e. The third kappa shape index (κ3) is 4.68. The number of benzene rings is 2. The number of nitriles is 4. The fraction of sp³-hybridized carbons (Fsp3) is 0.138. The van der Waals surface area contributed by atoms with E-state index in [4.69, 9.17) is 0 Å². The number of allylic oxidation sites excluding steroid dienone is 2. The highest BCUT2D eigenvalue weighted by Gasteiger charge is 2.47. The average molecular weight is 651 g/mol. The van der Waals surface area contributed by atoms with Gasteiger partial charge in [-0.3, -0.25) is 0 Å². The van der Waals surface area contributed by atoms with Gasteiger partial charge in [-0.2, -0.15) is 73.7 Å². The SMILES string of the molecule is N#CC(C#N)=C1c2cc3c(nc2-c2c1cc(C(F)(F)F)cc2C(F)(F)F)C(=C(C#N)C#N)c1cc(C(F)(F)F)cc(C(F)(F)F)c1-3. The molecular weight excluding hydrogens is 646 g/mol. The minimum atomic E-state index is -5.56. The van der Waals surface area contributed by atoms with Gasteiger partial charge in [0.25, 0.3) is 0 Å². The van der Waals surface area contributed by atoms with E-state index in [9.17, 15) is 73.7 Å². The third-order valence-corrected chi connectivity index (χ3v) is 7.06. The Balaban J connectivity index is 2.05. The van der Waals surface area contributed by atoms with Crippen molar-refractivity contribution in [3.05, 3.63) is 86.1 Å². The van der Waals surface area contributed by atoms with Crippen molar-refractivity contribution in [3.8, 4) is 46.7 Å². The number of rotatable bonds is 0. The zero-order valence-electron chi connectivity index (χ0n) is 21.7. The molecule has 2 aliphatic rings. The van der Waals surface area contributed by atoms with Gasteiger partial charge in [0.2, 0.25) is 0 Å². The Morgan fingerprint density at radius 3 is 1.28 bits per heavy atom. The number of halogens is 12. The predicted molar refractivity (Wildman–Crippen MR) is 130 cm³/mol. The van der Waals surface area contributed by atoms with Crippen molar-refractivity contribution in [2.45, 2.75) is 24.7 Å². The van der Waals surface area contributed by atoms with E-state index >= 15 is 0 Å². The number of alkyl halides is 12. The zero-order chi connectivity index (χ0) is 34.3. The molecule has 0 fully saturated rings. The molecule has 1 aromatic heterocycles. The Hall–Kier alpha value is -5.81. The van der Waals surface area contributed by atoms with Gasteiger partial charge in [0.1, 0.15) is 35.4 Å². The van der Waals surface area contributed by atoms with E-state index < -0.39 is 114 Å². The van der Waals surface area contributed by atoms with Crippen molar-refractivity contribution >= 4 is 11.1 Å². The summed E-state index contributed by atoms with van der Waals surface area (Å²) in [6.07, 6.45) is -21.9. The third-order valence-electron chi connectivity index (χ3n) is 7.06. The van der Waals surface area contributed by atoms with Crippen LogP contribution in [0.2, 0.25) is 0 Å². The molecule has 0 aliphatic heterocycles. The van der Waals surface area contributed by atoms with E-state index in [1.54, 1.807) is 0 Å². The maximum absolute atomic E-state index is 14.3. The smallest absolute Gasteiger partial charge is 0.246 e. The number of hydrogen-bond acceptors (Lipinski definition) is 5. The zero-order valence-corrected chi connectivity index (χ0v) is 21.7. The quantitative estimate of drug-likeness (QED) is 0.123. The first-order chi connectivity index (χ1) is 21.2. The Bertz CT molecular complexity index is 1950. The highest BCUT2D eigenvalue weighted by molar-refractivity contribution is 6.10. The van der Waals surface area contributed by atoms with E-state index in [1.165, 1.54) is 24.3 Å². The van der Waals surface area contributed by atoms with Gasteiger partial charge >= 0.3 is 24.7 Å². The van der Waals surface area contributed by atoms with Crippen LogP contribution in [0.25, 0.3) is 33.5 Å². The lowest BCUT2D eigenvalue weighted by atomic mass is 9.92. The molecule has 2 aliphatic carbocycles. The predicted octanol–water partition coefficient (Wildman–Crippen LogP) is 8.82. The molecule has 230 valence electrons. The van der Waals surface area contributed by atoms with Crippen LogP contribution in [0, 0.1) is 45.3 Å². The molecule has 0 spiro atoms. The van der Waals surface area contributed by atoms with Gasteiger partial charge in [-0.05, 0) is 41.5 Å². The Morgan fingerprint density at radius 2 is 0.870 bits per heavy atom. The lowest BCUT2D eigenvalue weighted by Crippen LogP contribution is -2.13. The van der Waals surface area contributed by atoms with Gasteiger partial charge < -0.3 is 0 Å². The number of fused-ring (bicyclic) bond motifs is 6. The van der Waals surface area contributed by atoms with E-state index in [0.29, 0.717) is 6.07 Å². The van der Waals surface area contributed by atoms with E-state index in [-0.39, 0.29) is 24.3 Å². The minimum absolute atomic E-state index is 0.179. The second kappa shape index (κ2) is 9.85. The fourth-order valence-corrected chi connectivity index (χ4v) is 5.34. The molecule has 1 heterocycles. The summed E-state index contributed by atoms with van der Waals surface area (Å²) in [7, 11) is 0. The monoisotopic (exact) mass is 651 g/mol. The summed E-state index contributed by atoms with van der Waals surface area (Å²) in [4.78, 5) is 3.93. The Morgan fingerprint density at radius 1 is 0.457 bits per heavy atom. The second-order valence-electron chi connectivity index (χ2n) is 9.61. The van der Waals surface area contributed by atoms with Gasteiger partial charge in [0.15, 0.2) is 0 Å². The van der Waals surface area contributed by atoms with Crippen molar-refractivity contribution in [3.63, 3.8) is 0 Å². The number of pyridine rings is 1. The lowest BCUT2D eigenvalue weighted by molar-refractivity contribution is -0.144. The van der Waals surface area contributed by atoms with Crippen LogP contribution in [0.1, 0.15) is 44.6 Å². The normalized spacial score (nSPS) is 13.5. The van der Waals surface area contributed by atoms with Gasteiger partial charge in [0, 0.05) is 33.4 Å². The number of nitrogens with zero attached hydrogens (tertiary/aromatic N) is 5.